The van der Waals surface area contributed by atoms with Crippen LogP contribution >= 0.6 is 0 Å². The van der Waals surface area contributed by atoms with E-state index in [1.807, 2.05) is 4.90 Å². The van der Waals surface area contributed by atoms with Crippen LogP contribution in [0.2, 0.25) is 0 Å². The molecule has 0 bridgehead atoms. The Kier molecular flexibility index (Phi) is 3.99. The molecule has 0 aromatic carbocycles. The molecule has 2 aliphatic rings. The fourth-order valence-electron chi connectivity index (χ4n) is 3.92. The number of likely N-dealkylation sites (tertiary alicyclic amines) is 1. The number of carbonyl (C=O) groups is 2. The zero-order valence-corrected chi connectivity index (χ0v) is 12.2. The highest BCUT2D eigenvalue weighted by Crippen LogP contribution is 2.35. The number of carboxylic acid groups (broad SMARTS) is 1. The number of nitrogens with zero attached hydrogens (tertiary/aromatic N) is 2. The molecule has 1 amide bonds. The Hall–Kier alpha value is -1.78. The lowest BCUT2D eigenvalue weighted by Crippen LogP contribution is -2.50. The Morgan fingerprint density at radius 3 is 2.76 bits per heavy atom. The van der Waals surface area contributed by atoms with Gasteiger partial charge in [0, 0.05) is 18.8 Å². The number of hydrogen-bond acceptors (Lipinski definition) is 2. The minimum absolute atomic E-state index is 0.00199. The standard InChI is InChI=1S/C16H22N2O3/c19-15(20)11-17-9-4-8-14(17)16(21)18-10-3-6-12-5-1-2-7-13(12)18/h4,8-9,12-13H,1-3,5-7,10-11H2,(H,19,20)/t12-,13-/m1/s1. The molecule has 1 aliphatic heterocycles. The minimum Gasteiger partial charge on any atom is -0.480 e. The van der Waals surface area contributed by atoms with Gasteiger partial charge in [-0.2, -0.15) is 0 Å². The number of piperidine rings is 1. The summed E-state index contributed by atoms with van der Waals surface area (Å²) in [5.41, 5.74) is 0.503. The second-order valence-corrected chi connectivity index (χ2v) is 6.17. The average molecular weight is 290 g/mol. The van der Waals surface area contributed by atoms with Crippen molar-refractivity contribution in [2.75, 3.05) is 6.54 Å². The van der Waals surface area contributed by atoms with Crippen LogP contribution in [0.25, 0.3) is 0 Å². The van der Waals surface area contributed by atoms with E-state index >= 15 is 0 Å². The normalized spacial score (nSPS) is 25.4. The maximum atomic E-state index is 12.8. The van der Waals surface area contributed by atoms with Crippen LogP contribution in [0.3, 0.4) is 0 Å². The number of carboxylic acids is 1. The lowest BCUT2D eigenvalue weighted by molar-refractivity contribution is -0.137. The van der Waals surface area contributed by atoms with E-state index in [9.17, 15) is 9.59 Å². The van der Waals surface area contributed by atoms with Gasteiger partial charge in [-0.15, -0.1) is 0 Å². The number of hydrogen-bond donors (Lipinski definition) is 1. The van der Waals surface area contributed by atoms with Gasteiger partial charge >= 0.3 is 5.97 Å². The lowest BCUT2D eigenvalue weighted by Gasteiger charge is -2.44. The van der Waals surface area contributed by atoms with Crippen molar-refractivity contribution in [3.8, 4) is 0 Å². The number of fused-ring (bicyclic) bond motifs is 1. The van der Waals surface area contributed by atoms with Crippen LogP contribution < -0.4 is 0 Å². The molecule has 0 spiro atoms. The van der Waals surface area contributed by atoms with Gasteiger partial charge in [0.15, 0.2) is 0 Å². The minimum atomic E-state index is -0.922. The van der Waals surface area contributed by atoms with Gasteiger partial charge in [0.2, 0.25) is 0 Å². The Morgan fingerprint density at radius 1 is 1.19 bits per heavy atom. The van der Waals surface area contributed by atoms with Crippen LogP contribution in [0.15, 0.2) is 18.3 Å². The first-order valence-electron chi connectivity index (χ1n) is 7.84. The number of aromatic nitrogens is 1. The van der Waals surface area contributed by atoms with Crippen LogP contribution in [0.4, 0.5) is 0 Å². The summed E-state index contributed by atoms with van der Waals surface area (Å²) in [5.74, 6) is -0.286. The molecule has 114 valence electrons. The SMILES string of the molecule is O=C(O)Cn1cccc1C(=O)N1CCC[C@H]2CCCC[C@H]21. The van der Waals surface area contributed by atoms with Crippen molar-refractivity contribution in [3.63, 3.8) is 0 Å². The molecule has 1 N–H and O–H groups in total. The van der Waals surface area contributed by atoms with E-state index in [1.165, 1.54) is 30.3 Å². The van der Waals surface area contributed by atoms with Crippen LogP contribution in [-0.4, -0.2) is 39.0 Å². The van der Waals surface area contributed by atoms with E-state index in [0.29, 0.717) is 17.7 Å². The summed E-state index contributed by atoms with van der Waals surface area (Å²) < 4.78 is 1.54. The first-order chi connectivity index (χ1) is 10.2. The predicted octanol–water partition coefficient (Wildman–Crippen LogP) is 2.37. The number of rotatable bonds is 3. The smallest absolute Gasteiger partial charge is 0.323 e. The largest absolute Gasteiger partial charge is 0.480 e. The van der Waals surface area contributed by atoms with Crippen molar-refractivity contribution >= 4 is 11.9 Å². The maximum Gasteiger partial charge on any atom is 0.323 e. The van der Waals surface area contributed by atoms with E-state index in [-0.39, 0.29) is 12.5 Å². The molecular weight excluding hydrogens is 268 g/mol. The van der Waals surface area contributed by atoms with Crippen LogP contribution in [0.1, 0.15) is 49.0 Å². The van der Waals surface area contributed by atoms with Gasteiger partial charge in [0.05, 0.1) is 0 Å². The van der Waals surface area contributed by atoms with Crippen molar-refractivity contribution in [2.45, 2.75) is 51.1 Å². The molecule has 1 aromatic rings. The number of amides is 1. The van der Waals surface area contributed by atoms with Crippen molar-refractivity contribution in [3.05, 3.63) is 24.0 Å². The van der Waals surface area contributed by atoms with Gasteiger partial charge in [0.1, 0.15) is 12.2 Å². The summed E-state index contributed by atoms with van der Waals surface area (Å²) in [5, 5.41) is 8.94. The van der Waals surface area contributed by atoms with Gasteiger partial charge in [-0.25, -0.2) is 0 Å². The summed E-state index contributed by atoms with van der Waals surface area (Å²) in [4.78, 5) is 25.7. The van der Waals surface area contributed by atoms with Gasteiger partial charge < -0.3 is 14.6 Å². The number of aliphatic carboxylic acids is 1. The second kappa shape index (κ2) is 5.92. The molecule has 21 heavy (non-hydrogen) atoms. The quantitative estimate of drug-likeness (QED) is 0.929. The lowest BCUT2D eigenvalue weighted by atomic mass is 9.78. The molecule has 3 rings (SSSR count). The second-order valence-electron chi connectivity index (χ2n) is 6.17. The third-order valence-electron chi connectivity index (χ3n) is 4.86. The van der Waals surface area contributed by atoms with Gasteiger partial charge in [-0.1, -0.05) is 12.8 Å². The molecule has 2 atom stereocenters. The van der Waals surface area contributed by atoms with E-state index < -0.39 is 5.97 Å². The van der Waals surface area contributed by atoms with Crippen LogP contribution in [0.5, 0.6) is 0 Å². The van der Waals surface area contributed by atoms with E-state index in [4.69, 9.17) is 5.11 Å². The summed E-state index contributed by atoms with van der Waals surface area (Å²) in [6.45, 7) is 0.647. The highest BCUT2D eigenvalue weighted by Gasteiger charge is 2.36. The molecule has 2 heterocycles. The Morgan fingerprint density at radius 2 is 1.95 bits per heavy atom. The summed E-state index contributed by atoms with van der Waals surface area (Å²) >= 11 is 0. The molecule has 1 aliphatic carbocycles. The third-order valence-corrected chi connectivity index (χ3v) is 4.86. The van der Waals surface area contributed by atoms with Gasteiger partial charge in [0.25, 0.3) is 5.91 Å². The first kappa shape index (κ1) is 14.2. The van der Waals surface area contributed by atoms with Gasteiger partial charge in [-0.05, 0) is 43.7 Å². The molecule has 1 saturated heterocycles. The zero-order chi connectivity index (χ0) is 14.8. The predicted molar refractivity (Wildman–Crippen MR) is 78.1 cm³/mol. The van der Waals surface area contributed by atoms with E-state index in [2.05, 4.69) is 0 Å². The monoisotopic (exact) mass is 290 g/mol. The topological polar surface area (TPSA) is 62.5 Å². The van der Waals surface area contributed by atoms with Crippen LogP contribution in [0, 0.1) is 5.92 Å². The van der Waals surface area contributed by atoms with Crippen molar-refractivity contribution in [1.82, 2.24) is 9.47 Å². The van der Waals surface area contributed by atoms with Crippen LogP contribution in [-0.2, 0) is 11.3 Å². The fraction of sp³-hybridized carbons (Fsp3) is 0.625. The summed E-state index contributed by atoms with van der Waals surface area (Å²) in [6.07, 6.45) is 8.75. The summed E-state index contributed by atoms with van der Waals surface area (Å²) in [7, 11) is 0. The molecule has 0 unspecified atom stereocenters. The highest BCUT2D eigenvalue weighted by atomic mass is 16.4. The van der Waals surface area contributed by atoms with E-state index in [0.717, 1.165) is 19.4 Å². The molecular formula is C16H22N2O3. The maximum absolute atomic E-state index is 12.8. The Labute approximate surface area is 124 Å². The van der Waals surface area contributed by atoms with Gasteiger partial charge in [-0.3, -0.25) is 9.59 Å². The Bertz CT molecular complexity index is 535. The average Bonchev–Trinajstić information content (AvgIpc) is 2.93. The molecule has 5 heteroatoms. The van der Waals surface area contributed by atoms with Crippen molar-refractivity contribution in [1.29, 1.82) is 0 Å². The zero-order valence-electron chi connectivity index (χ0n) is 12.2. The van der Waals surface area contributed by atoms with E-state index in [1.54, 1.807) is 18.3 Å². The van der Waals surface area contributed by atoms with Crippen molar-refractivity contribution < 1.29 is 14.7 Å². The first-order valence-corrected chi connectivity index (χ1v) is 7.84. The number of carbonyl (C=O) groups excluding carboxylic acids is 1. The fourth-order valence-corrected chi connectivity index (χ4v) is 3.92. The third kappa shape index (κ3) is 2.82. The highest BCUT2D eigenvalue weighted by molar-refractivity contribution is 5.93. The van der Waals surface area contributed by atoms with Crippen molar-refractivity contribution in [2.24, 2.45) is 5.92 Å². The Balaban J connectivity index is 1.80. The molecule has 5 nitrogen and oxygen atoms in total. The summed E-state index contributed by atoms with van der Waals surface area (Å²) in [6, 6.07) is 3.84. The molecule has 0 radical (unpaired) electrons. The molecule has 1 aromatic heterocycles. The molecule has 2 fully saturated rings. The molecule has 1 saturated carbocycles.